The number of benzene rings is 2. The Kier molecular flexibility index (Phi) is 12.4. The predicted octanol–water partition coefficient (Wildman–Crippen LogP) is 5.55. The molecule has 6 nitrogen and oxygen atoms in total. The molecule has 3 rings (SSSR count). The van der Waals surface area contributed by atoms with Gasteiger partial charge in [0.1, 0.15) is 6.04 Å². The van der Waals surface area contributed by atoms with E-state index >= 15 is 0 Å². The van der Waals surface area contributed by atoms with Crippen molar-refractivity contribution >= 4 is 29.2 Å². The molecule has 7 heteroatoms. The smallest absolute Gasteiger partial charge is 0.326 e. The van der Waals surface area contributed by atoms with Crippen LogP contribution in [0.2, 0.25) is 0 Å². The Bertz CT molecular complexity index is 1070. The summed E-state index contributed by atoms with van der Waals surface area (Å²) in [4.78, 5) is 27.6. The number of carbonyl (C=O) groups is 2. The van der Waals surface area contributed by atoms with E-state index in [1.807, 2.05) is 36.6 Å². The number of nitrogens with one attached hydrogen (secondary N) is 1. The largest absolute Gasteiger partial charge is 0.480 e. The highest BCUT2D eigenvalue weighted by molar-refractivity contribution is 7.98. The molecule has 0 aromatic heterocycles. The van der Waals surface area contributed by atoms with E-state index in [-0.39, 0.29) is 12.0 Å². The predicted molar refractivity (Wildman–Crippen MR) is 156 cm³/mol. The van der Waals surface area contributed by atoms with Gasteiger partial charge >= 0.3 is 5.97 Å². The van der Waals surface area contributed by atoms with Crippen LogP contribution in [0.5, 0.6) is 0 Å². The molecule has 206 valence electrons. The first kappa shape index (κ1) is 29.9. The van der Waals surface area contributed by atoms with Gasteiger partial charge in [0.05, 0.1) is 12.7 Å². The zero-order chi connectivity index (χ0) is 27.3. The number of hydrogen-bond acceptors (Lipinski definition) is 5. The van der Waals surface area contributed by atoms with Gasteiger partial charge in [0.25, 0.3) is 0 Å². The summed E-state index contributed by atoms with van der Waals surface area (Å²) in [7, 11) is 0. The molecule has 38 heavy (non-hydrogen) atoms. The van der Waals surface area contributed by atoms with E-state index in [9.17, 15) is 14.7 Å². The van der Waals surface area contributed by atoms with Crippen molar-refractivity contribution in [3.05, 3.63) is 76.9 Å². The summed E-state index contributed by atoms with van der Waals surface area (Å²) in [5.74, 6) is -0.576. The standard InChI is InChI=1S/C31H42N2O4S/c1-4-5-14-25(37-22-24-12-7-6-8-13-24)20-33-18-16-27(28(21-33)26-15-10-9-11-23(26)2)30(34)32-29(31(35)36)17-19-38-3/h6-13,15,25,29H,4-5,14,16-22H2,1-3H3,(H,32,34)(H,35,36). The van der Waals surface area contributed by atoms with Gasteiger partial charge in [-0.1, -0.05) is 74.4 Å². The monoisotopic (exact) mass is 538 g/mol. The molecule has 0 saturated heterocycles. The summed E-state index contributed by atoms with van der Waals surface area (Å²) in [6.45, 7) is 7.00. The number of rotatable bonds is 15. The number of ether oxygens (including phenoxy) is 1. The topological polar surface area (TPSA) is 78.9 Å². The molecule has 0 radical (unpaired) electrons. The van der Waals surface area contributed by atoms with Gasteiger partial charge in [0.15, 0.2) is 0 Å². The van der Waals surface area contributed by atoms with Crippen molar-refractivity contribution in [1.82, 2.24) is 10.2 Å². The molecular formula is C31H42N2O4S. The molecule has 1 aliphatic heterocycles. The number of aryl methyl sites for hydroxylation is 1. The first-order valence-corrected chi connectivity index (χ1v) is 15.0. The first-order chi connectivity index (χ1) is 18.4. The fraction of sp³-hybridized carbons (Fsp3) is 0.484. The normalized spacial score (nSPS) is 15.8. The number of hydrogen-bond donors (Lipinski definition) is 2. The molecule has 0 aliphatic carbocycles. The number of carbonyl (C=O) groups excluding carboxylic acids is 1. The molecule has 0 fully saturated rings. The van der Waals surface area contributed by atoms with Crippen molar-refractivity contribution in [3.8, 4) is 0 Å². The van der Waals surface area contributed by atoms with Gasteiger partial charge in [0, 0.05) is 25.2 Å². The number of nitrogens with zero attached hydrogens (tertiary/aromatic N) is 1. The quantitative estimate of drug-likeness (QED) is 0.309. The molecule has 0 bridgehead atoms. The summed E-state index contributed by atoms with van der Waals surface area (Å²) in [6, 6.07) is 17.5. The number of carboxylic acid groups (broad SMARTS) is 1. The molecule has 0 spiro atoms. The third-order valence-electron chi connectivity index (χ3n) is 7.05. The van der Waals surface area contributed by atoms with Crippen LogP contribution in [0, 0.1) is 6.92 Å². The second-order valence-corrected chi connectivity index (χ2v) is 10.9. The summed E-state index contributed by atoms with van der Waals surface area (Å²) in [5.41, 5.74) is 5.00. The lowest BCUT2D eigenvalue weighted by Gasteiger charge is -2.34. The highest BCUT2D eigenvalue weighted by Crippen LogP contribution is 2.30. The first-order valence-electron chi connectivity index (χ1n) is 13.6. The van der Waals surface area contributed by atoms with Crippen molar-refractivity contribution in [2.24, 2.45) is 0 Å². The van der Waals surface area contributed by atoms with Crippen molar-refractivity contribution in [2.75, 3.05) is 31.6 Å². The van der Waals surface area contributed by atoms with E-state index in [4.69, 9.17) is 4.74 Å². The number of aliphatic carboxylic acids is 1. The lowest BCUT2D eigenvalue weighted by atomic mass is 9.90. The van der Waals surface area contributed by atoms with Gasteiger partial charge in [-0.25, -0.2) is 4.79 Å². The van der Waals surface area contributed by atoms with Crippen LogP contribution in [-0.2, 0) is 20.9 Å². The van der Waals surface area contributed by atoms with Crippen LogP contribution in [0.3, 0.4) is 0 Å². The van der Waals surface area contributed by atoms with E-state index < -0.39 is 12.0 Å². The lowest BCUT2D eigenvalue weighted by molar-refractivity contribution is -0.141. The second kappa shape index (κ2) is 15.7. The summed E-state index contributed by atoms with van der Waals surface area (Å²) in [6.07, 6.45) is 6.23. The fourth-order valence-corrected chi connectivity index (χ4v) is 5.33. The maximum Gasteiger partial charge on any atom is 0.326 e. The Morgan fingerprint density at radius 2 is 1.84 bits per heavy atom. The number of unbranched alkanes of at least 4 members (excludes halogenated alkanes) is 1. The minimum atomic E-state index is -0.989. The molecule has 1 heterocycles. The molecule has 1 aliphatic rings. The molecule has 2 aromatic carbocycles. The molecule has 2 unspecified atom stereocenters. The Hall–Kier alpha value is -2.61. The molecule has 0 saturated carbocycles. The number of carboxylic acids is 1. The van der Waals surface area contributed by atoms with E-state index in [0.717, 1.165) is 49.1 Å². The Labute approximate surface area is 231 Å². The van der Waals surface area contributed by atoms with Crippen LogP contribution in [0.4, 0.5) is 0 Å². The average molecular weight is 539 g/mol. The SMILES string of the molecule is CCCCC(CN1CCC(C(=O)NC(CCSC)C(=O)O)=C(c2ccccc2C)C1)OCc1ccccc1. The maximum absolute atomic E-state index is 13.4. The highest BCUT2D eigenvalue weighted by Gasteiger charge is 2.29. The van der Waals surface area contributed by atoms with Gasteiger partial charge in [0.2, 0.25) is 5.91 Å². The van der Waals surface area contributed by atoms with Gasteiger partial charge < -0.3 is 15.2 Å². The van der Waals surface area contributed by atoms with Gasteiger partial charge in [-0.15, -0.1) is 0 Å². The molecule has 2 aromatic rings. The van der Waals surface area contributed by atoms with Crippen molar-refractivity contribution in [2.45, 2.75) is 64.7 Å². The molecule has 2 atom stereocenters. The van der Waals surface area contributed by atoms with E-state index in [0.29, 0.717) is 37.3 Å². The van der Waals surface area contributed by atoms with Crippen LogP contribution in [0.25, 0.3) is 5.57 Å². The van der Waals surface area contributed by atoms with Gasteiger partial charge in [-0.05, 0) is 60.5 Å². The summed E-state index contributed by atoms with van der Waals surface area (Å²) in [5, 5.41) is 12.5. The van der Waals surface area contributed by atoms with Gasteiger partial charge in [-0.2, -0.15) is 11.8 Å². The van der Waals surface area contributed by atoms with Crippen LogP contribution < -0.4 is 5.32 Å². The number of thioether (sulfide) groups is 1. The Balaban J connectivity index is 1.80. The maximum atomic E-state index is 13.4. The number of amides is 1. The lowest BCUT2D eigenvalue weighted by Crippen LogP contribution is -2.44. The van der Waals surface area contributed by atoms with Crippen molar-refractivity contribution < 1.29 is 19.4 Å². The summed E-state index contributed by atoms with van der Waals surface area (Å²) < 4.78 is 6.38. The van der Waals surface area contributed by atoms with Crippen LogP contribution in [0.15, 0.2) is 60.2 Å². The third kappa shape index (κ3) is 9.00. The third-order valence-corrected chi connectivity index (χ3v) is 7.70. The van der Waals surface area contributed by atoms with Crippen LogP contribution in [0.1, 0.15) is 55.7 Å². The zero-order valence-corrected chi connectivity index (χ0v) is 23.8. The Morgan fingerprint density at radius 3 is 2.53 bits per heavy atom. The average Bonchev–Trinajstić information content (AvgIpc) is 2.93. The zero-order valence-electron chi connectivity index (χ0n) is 22.9. The minimum Gasteiger partial charge on any atom is -0.480 e. The van der Waals surface area contributed by atoms with E-state index in [1.54, 1.807) is 11.8 Å². The molecule has 1 amide bonds. The van der Waals surface area contributed by atoms with Crippen molar-refractivity contribution in [3.63, 3.8) is 0 Å². The summed E-state index contributed by atoms with van der Waals surface area (Å²) >= 11 is 1.58. The fourth-order valence-electron chi connectivity index (χ4n) is 4.86. The molecule has 2 N–H and O–H groups in total. The Morgan fingerprint density at radius 1 is 1.11 bits per heavy atom. The van der Waals surface area contributed by atoms with Crippen molar-refractivity contribution in [1.29, 1.82) is 0 Å². The second-order valence-electron chi connectivity index (χ2n) is 9.96. The molecular weight excluding hydrogens is 496 g/mol. The van der Waals surface area contributed by atoms with Crippen LogP contribution >= 0.6 is 11.8 Å². The van der Waals surface area contributed by atoms with E-state index in [2.05, 4.69) is 48.3 Å². The van der Waals surface area contributed by atoms with E-state index in [1.165, 1.54) is 5.56 Å². The van der Waals surface area contributed by atoms with Gasteiger partial charge in [-0.3, -0.25) is 9.69 Å². The highest BCUT2D eigenvalue weighted by atomic mass is 32.2. The van der Waals surface area contributed by atoms with Crippen LogP contribution in [-0.4, -0.2) is 65.7 Å². The minimum absolute atomic E-state index is 0.103.